The van der Waals surface area contributed by atoms with Crippen LogP contribution in [-0.2, 0) is 17.8 Å². The number of rotatable bonds is 6. The molecule has 0 fully saturated rings. The van der Waals surface area contributed by atoms with E-state index in [1.54, 1.807) is 18.4 Å². The molecule has 3 rings (SSSR count). The number of carbonyl (C=O) groups excluding carboxylic acids is 1. The first-order valence-corrected chi connectivity index (χ1v) is 10.2. The zero-order chi connectivity index (χ0) is 19.2. The fourth-order valence-corrected chi connectivity index (χ4v) is 4.05. The number of guanidine groups is 1. The lowest BCUT2D eigenvalue weighted by atomic mass is 10.2. The molecule has 0 radical (unpaired) electrons. The third kappa shape index (κ3) is 4.86. The molecule has 2 N–H and O–H groups in total. The molecule has 1 aliphatic rings. The third-order valence-corrected chi connectivity index (χ3v) is 5.82. The molecule has 0 bridgehead atoms. The van der Waals surface area contributed by atoms with Crippen LogP contribution in [0.15, 0.2) is 29.3 Å². The summed E-state index contributed by atoms with van der Waals surface area (Å²) in [4.78, 5) is 24.4. The van der Waals surface area contributed by atoms with Crippen molar-refractivity contribution in [2.45, 2.75) is 39.7 Å². The van der Waals surface area contributed by atoms with Gasteiger partial charge in [0, 0.05) is 37.1 Å². The molecule has 2 heterocycles. The number of nitrogens with one attached hydrogen (secondary N) is 2. The van der Waals surface area contributed by atoms with E-state index >= 15 is 0 Å². The normalized spacial score (nSPS) is 13.6. The van der Waals surface area contributed by atoms with Gasteiger partial charge in [0.05, 0.1) is 12.2 Å². The van der Waals surface area contributed by atoms with Crippen molar-refractivity contribution in [2.75, 3.05) is 25.0 Å². The average Bonchev–Trinajstić information content (AvgIpc) is 3.24. The van der Waals surface area contributed by atoms with Crippen molar-refractivity contribution in [3.05, 3.63) is 45.4 Å². The Morgan fingerprint density at radius 1 is 1.30 bits per heavy atom. The molecule has 0 saturated heterocycles. The van der Waals surface area contributed by atoms with Crippen molar-refractivity contribution in [2.24, 2.45) is 4.99 Å². The number of nitrogens with zero attached hydrogens (tertiary/aromatic N) is 3. The van der Waals surface area contributed by atoms with Crippen molar-refractivity contribution in [3.8, 4) is 0 Å². The standard InChI is InChI=1S/C20H27N5OS/c1-14-15(2)27-18(24-14)13-23-20(21-3)22-11-6-9-19(26)25-12-10-16-7-4-5-8-17(16)25/h4-5,7-8H,6,9-13H2,1-3H3,(H2,21,22,23). The molecule has 1 amide bonds. The summed E-state index contributed by atoms with van der Waals surface area (Å²) in [5.41, 5.74) is 3.42. The number of anilines is 1. The van der Waals surface area contributed by atoms with E-state index in [1.807, 2.05) is 30.0 Å². The number of amides is 1. The van der Waals surface area contributed by atoms with Crippen LogP contribution in [0.4, 0.5) is 5.69 Å². The smallest absolute Gasteiger partial charge is 0.227 e. The summed E-state index contributed by atoms with van der Waals surface area (Å²) in [7, 11) is 1.75. The first kappa shape index (κ1) is 19.4. The van der Waals surface area contributed by atoms with E-state index in [2.05, 4.69) is 33.6 Å². The number of para-hydroxylation sites is 1. The molecular weight excluding hydrogens is 358 g/mol. The van der Waals surface area contributed by atoms with Crippen molar-refractivity contribution < 1.29 is 4.79 Å². The van der Waals surface area contributed by atoms with Gasteiger partial charge >= 0.3 is 0 Å². The van der Waals surface area contributed by atoms with Crippen LogP contribution in [0.5, 0.6) is 0 Å². The van der Waals surface area contributed by atoms with Crippen molar-refractivity contribution in [1.29, 1.82) is 0 Å². The van der Waals surface area contributed by atoms with E-state index in [0.717, 1.165) is 41.7 Å². The fourth-order valence-electron chi connectivity index (χ4n) is 3.17. The molecular formula is C20H27N5OS. The van der Waals surface area contributed by atoms with E-state index in [0.29, 0.717) is 19.5 Å². The number of aryl methyl sites for hydroxylation is 2. The molecule has 1 aliphatic heterocycles. The maximum absolute atomic E-state index is 12.5. The van der Waals surface area contributed by atoms with Gasteiger partial charge in [0.1, 0.15) is 5.01 Å². The van der Waals surface area contributed by atoms with Gasteiger partial charge in [-0.15, -0.1) is 11.3 Å². The maximum atomic E-state index is 12.5. The Morgan fingerprint density at radius 2 is 2.11 bits per heavy atom. The largest absolute Gasteiger partial charge is 0.356 e. The first-order valence-electron chi connectivity index (χ1n) is 9.34. The topological polar surface area (TPSA) is 69.6 Å². The van der Waals surface area contributed by atoms with Crippen LogP contribution in [0.2, 0.25) is 0 Å². The Labute approximate surface area is 164 Å². The van der Waals surface area contributed by atoms with Crippen molar-refractivity contribution >= 4 is 28.9 Å². The Bertz CT molecular complexity index is 810. The molecule has 2 aromatic rings. The monoisotopic (exact) mass is 385 g/mol. The Hall–Kier alpha value is -2.41. The molecule has 0 unspecified atom stereocenters. The van der Waals surface area contributed by atoms with E-state index in [1.165, 1.54) is 10.4 Å². The summed E-state index contributed by atoms with van der Waals surface area (Å²) in [6.07, 6.45) is 2.25. The quantitative estimate of drug-likeness (QED) is 0.456. The number of fused-ring (bicyclic) bond motifs is 1. The molecule has 6 nitrogen and oxygen atoms in total. The summed E-state index contributed by atoms with van der Waals surface area (Å²) in [6, 6.07) is 8.16. The van der Waals surface area contributed by atoms with E-state index < -0.39 is 0 Å². The predicted molar refractivity (Wildman–Crippen MR) is 112 cm³/mol. The lowest BCUT2D eigenvalue weighted by molar-refractivity contribution is -0.118. The van der Waals surface area contributed by atoms with Gasteiger partial charge in [-0.1, -0.05) is 18.2 Å². The summed E-state index contributed by atoms with van der Waals surface area (Å²) in [5.74, 6) is 0.929. The Balaban J connectivity index is 1.39. The minimum absolute atomic E-state index is 0.193. The fraction of sp³-hybridized carbons (Fsp3) is 0.450. The zero-order valence-corrected chi connectivity index (χ0v) is 17.0. The van der Waals surface area contributed by atoms with Gasteiger partial charge in [-0.05, 0) is 38.3 Å². The number of hydrogen-bond acceptors (Lipinski definition) is 4. The SMILES string of the molecule is CN=C(NCCCC(=O)N1CCc2ccccc21)NCc1nc(C)c(C)s1. The molecule has 144 valence electrons. The molecule has 7 heteroatoms. The average molecular weight is 386 g/mol. The number of aliphatic imine (C=N–C) groups is 1. The van der Waals surface area contributed by atoms with Crippen molar-refractivity contribution in [3.63, 3.8) is 0 Å². The first-order chi connectivity index (χ1) is 13.1. The third-order valence-electron chi connectivity index (χ3n) is 4.75. The second-order valence-electron chi connectivity index (χ2n) is 6.63. The van der Waals surface area contributed by atoms with Crippen LogP contribution in [0.3, 0.4) is 0 Å². The highest BCUT2D eigenvalue weighted by Gasteiger charge is 2.23. The molecule has 1 aromatic carbocycles. The Morgan fingerprint density at radius 3 is 2.85 bits per heavy atom. The van der Waals surface area contributed by atoms with Gasteiger partial charge in [0.25, 0.3) is 0 Å². The van der Waals surface area contributed by atoms with Crippen LogP contribution in [-0.4, -0.2) is 37.0 Å². The molecule has 1 aromatic heterocycles. The lowest BCUT2D eigenvalue weighted by Crippen LogP contribution is -2.37. The van der Waals surface area contributed by atoms with Crippen LogP contribution >= 0.6 is 11.3 Å². The van der Waals surface area contributed by atoms with E-state index in [4.69, 9.17) is 0 Å². The highest BCUT2D eigenvalue weighted by molar-refractivity contribution is 7.11. The van der Waals surface area contributed by atoms with Gasteiger partial charge in [0.15, 0.2) is 5.96 Å². The van der Waals surface area contributed by atoms with Crippen LogP contribution in [0.25, 0.3) is 0 Å². The molecule has 0 spiro atoms. The minimum atomic E-state index is 0.193. The van der Waals surface area contributed by atoms with Crippen molar-refractivity contribution in [1.82, 2.24) is 15.6 Å². The predicted octanol–water partition coefficient (Wildman–Crippen LogP) is 2.79. The van der Waals surface area contributed by atoms with Crippen LogP contribution in [0.1, 0.15) is 34.0 Å². The van der Waals surface area contributed by atoms with E-state index in [-0.39, 0.29) is 5.91 Å². The number of carbonyl (C=O) groups is 1. The van der Waals surface area contributed by atoms with Gasteiger partial charge in [-0.2, -0.15) is 0 Å². The number of aromatic nitrogens is 1. The molecule has 0 aliphatic carbocycles. The van der Waals surface area contributed by atoms with E-state index in [9.17, 15) is 4.79 Å². The molecule has 0 saturated carbocycles. The lowest BCUT2D eigenvalue weighted by Gasteiger charge is -2.17. The maximum Gasteiger partial charge on any atom is 0.227 e. The summed E-state index contributed by atoms with van der Waals surface area (Å²) in [6.45, 7) is 6.26. The highest BCUT2D eigenvalue weighted by atomic mass is 32.1. The van der Waals surface area contributed by atoms with Gasteiger partial charge in [0.2, 0.25) is 5.91 Å². The van der Waals surface area contributed by atoms with Gasteiger partial charge in [-0.25, -0.2) is 4.98 Å². The van der Waals surface area contributed by atoms with Gasteiger partial charge in [-0.3, -0.25) is 9.79 Å². The summed E-state index contributed by atoms with van der Waals surface area (Å²) in [5, 5.41) is 7.60. The van der Waals surface area contributed by atoms with Crippen LogP contribution < -0.4 is 15.5 Å². The number of hydrogen-bond donors (Lipinski definition) is 2. The summed E-state index contributed by atoms with van der Waals surface area (Å²) >= 11 is 1.70. The number of benzene rings is 1. The van der Waals surface area contributed by atoms with Crippen LogP contribution in [0, 0.1) is 13.8 Å². The summed E-state index contributed by atoms with van der Waals surface area (Å²) < 4.78 is 0. The second kappa shape index (κ2) is 8.99. The van der Waals surface area contributed by atoms with Gasteiger partial charge < -0.3 is 15.5 Å². The second-order valence-corrected chi connectivity index (χ2v) is 7.92. The highest BCUT2D eigenvalue weighted by Crippen LogP contribution is 2.27. The number of thiazole rings is 1. The molecule has 0 atom stereocenters. The zero-order valence-electron chi connectivity index (χ0n) is 16.2. The minimum Gasteiger partial charge on any atom is -0.356 e. The molecule has 27 heavy (non-hydrogen) atoms. The Kier molecular flexibility index (Phi) is 6.45.